The number of nitrogens with zero attached hydrogens (tertiary/aromatic N) is 4. The molecule has 3 aromatic heterocycles. The van der Waals surface area contributed by atoms with Gasteiger partial charge >= 0.3 is 0 Å². The van der Waals surface area contributed by atoms with Gasteiger partial charge in [-0.05, 0) is 50.1 Å². The number of thiophene rings is 1. The number of hydrogen-bond donors (Lipinski definition) is 0. The number of rotatable bonds is 4. The van der Waals surface area contributed by atoms with Gasteiger partial charge < -0.3 is 4.90 Å². The SMILES string of the molecule is Cc1cc([C@@H]2CCCCN2C(=O)CCc2cccs2)nc2nccn12. The first-order valence-electron chi connectivity index (χ1n) is 8.85. The number of likely N-dealkylation sites (tertiary alicyclic amines) is 1. The van der Waals surface area contributed by atoms with Crippen LogP contribution in [0, 0.1) is 6.92 Å². The van der Waals surface area contributed by atoms with E-state index < -0.39 is 0 Å². The summed E-state index contributed by atoms with van der Waals surface area (Å²) < 4.78 is 1.98. The zero-order valence-corrected chi connectivity index (χ0v) is 15.2. The number of aryl methyl sites for hydroxylation is 2. The Labute approximate surface area is 151 Å². The molecule has 0 aromatic carbocycles. The highest BCUT2D eigenvalue weighted by Gasteiger charge is 2.29. The third-order valence-electron chi connectivity index (χ3n) is 4.92. The van der Waals surface area contributed by atoms with Crippen molar-refractivity contribution in [2.75, 3.05) is 6.54 Å². The van der Waals surface area contributed by atoms with Crippen molar-refractivity contribution in [1.82, 2.24) is 19.3 Å². The number of hydrogen-bond acceptors (Lipinski definition) is 4. The van der Waals surface area contributed by atoms with Gasteiger partial charge in [0.1, 0.15) is 0 Å². The monoisotopic (exact) mass is 354 g/mol. The van der Waals surface area contributed by atoms with Crippen LogP contribution >= 0.6 is 11.3 Å². The summed E-state index contributed by atoms with van der Waals surface area (Å²) in [5, 5.41) is 2.07. The van der Waals surface area contributed by atoms with Crippen LogP contribution in [0.15, 0.2) is 36.0 Å². The van der Waals surface area contributed by atoms with Crippen molar-refractivity contribution in [2.45, 2.75) is 45.1 Å². The number of piperidine rings is 1. The van der Waals surface area contributed by atoms with Crippen LogP contribution in [0.3, 0.4) is 0 Å². The summed E-state index contributed by atoms with van der Waals surface area (Å²) in [4.78, 5) is 25.2. The van der Waals surface area contributed by atoms with Crippen molar-refractivity contribution in [3.8, 4) is 0 Å². The number of imidazole rings is 1. The van der Waals surface area contributed by atoms with Crippen molar-refractivity contribution >= 4 is 23.0 Å². The van der Waals surface area contributed by atoms with E-state index in [1.165, 1.54) is 4.88 Å². The fraction of sp³-hybridized carbons (Fsp3) is 0.421. The summed E-state index contributed by atoms with van der Waals surface area (Å²) >= 11 is 1.72. The smallest absolute Gasteiger partial charge is 0.234 e. The maximum Gasteiger partial charge on any atom is 0.234 e. The number of aromatic nitrogens is 3. The Morgan fingerprint density at radius 1 is 1.40 bits per heavy atom. The van der Waals surface area contributed by atoms with Gasteiger partial charge in [-0.15, -0.1) is 11.3 Å². The molecule has 0 spiro atoms. The molecule has 6 heteroatoms. The van der Waals surface area contributed by atoms with Crippen LogP contribution in [-0.4, -0.2) is 31.7 Å². The zero-order chi connectivity index (χ0) is 17.2. The summed E-state index contributed by atoms with van der Waals surface area (Å²) in [7, 11) is 0. The highest BCUT2D eigenvalue weighted by atomic mass is 32.1. The molecule has 0 saturated carbocycles. The Kier molecular flexibility index (Phi) is 4.53. The molecule has 0 unspecified atom stereocenters. The molecule has 4 heterocycles. The van der Waals surface area contributed by atoms with E-state index in [1.807, 2.05) is 21.6 Å². The maximum atomic E-state index is 12.9. The lowest BCUT2D eigenvalue weighted by molar-refractivity contribution is -0.135. The average molecular weight is 354 g/mol. The largest absolute Gasteiger partial charge is 0.334 e. The highest BCUT2D eigenvalue weighted by molar-refractivity contribution is 7.09. The molecule has 1 aliphatic rings. The van der Waals surface area contributed by atoms with Gasteiger partial charge in [0.05, 0.1) is 11.7 Å². The summed E-state index contributed by atoms with van der Waals surface area (Å²) in [5.74, 6) is 0.951. The van der Waals surface area contributed by atoms with Crippen LogP contribution in [0.1, 0.15) is 48.0 Å². The Bertz CT molecular complexity index is 871. The second kappa shape index (κ2) is 6.96. The van der Waals surface area contributed by atoms with Gasteiger partial charge in [0.2, 0.25) is 11.7 Å². The third kappa shape index (κ3) is 3.31. The number of carbonyl (C=O) groups is 1. The number of fused-ring (bicyclic) bond motifs is 1. The summed E-state index contributed by atoms with van der Waals surface area (Å²) in [6, 6.07) is 6.32. The van der Waals surface area contributed by atoms with E-state index in [-0.39, 0.29) is 11.9 Å². The minimum atomic E-state index is 0.0741. The summed E-state index contributed by atoms with van der Waals surface area (Å²) in [6.45, 7) is 2.89. The average Bonchev–Trinajstić information content (AvgIpc) is 3.31. The maximum absolute atomic E-state index is 12.9. The molecular weight excluding hydrogens is 332 g/mol. The van der Waals surface area contributed by atoms with E-state index >= 15 is 0 Å². The Morgan fingerprint density at radius 3 is 3.16 bits per heavy atom. The lowest BCUT2D eigenvalue weighted by Crippen LogP contribution is -2.39. The normalized spacial score (nSPS) is 18.0. The van der Waals surface area contributed by atoms with E-state index in [1.54, 1.807) is 17.5 Å². The predicted octanol–water partition coefficient (Wildman–Crippen LogP) is 3.79. The van der Waals surface area contributed by atoms with Crippen molar-refractivity contribution in [3.05, 3.63) is 52.2 Å². The first-order valence-corrected chi connectivity index (χ1v) is 9.73. The topological polar surface area (TPSA) is 50.5 Å². The van der Waals surface area contributed by atoms with Crippen LogP contribution in [0.25, 0.3) is 5.78 Å². The second-order valence-corrected chi connectivity index (χ2v) is 7.63. The molecule has 1 fully saturated rings. The van der Waals surface area contributed by atoms with Crippen LogP contribution in [0.4, 0.5) is 0 Å². The molecule has 25 heavy (non-hydrogen) atoms. The lowest BCUT2D eigenvalue weighted by atomic mass is 9.98. The lowest BCUT2D eigenvalue weighted by Gasteiger charge is -2.35. The van der Waals surface area contributed by atoms with Gasteiger partial charge in [-0.2, -0.15) is 0 Å². The van der Waals surface area contributed by atoms with Crippen LogP contribution in [0.5, 0.6) is 0 Å². The van der Waals surface area contributed by atoms with Gasteiger partial charge in [-0.3, -0.25) is 9.20 Å². The number of carbonyl (C=O) groups excluding carboxylic acids is 1. The summed E-state index contributed by atoms with van der Waals surface area (Å²) in [6.07, 6.45) is 8.28. The molecule has 0 aliphatic carbocycles. The quantitative estimate of drug-likeness (QED) is 0.716. The molecule has 4 rings (SSSR count). The predicted molar refractivity (Wildman–Crippen MR) is 98.7 cm³/mol. The second-order valence-electron chi connectivity index (χ2n) is 6.60. The molecular formula is C19H22N4OS. The van der Waals surface area contributed by atoms with Crippen LogP contribution < -0.4 is 0 Å². The van der Waals surface area contributed by atoms with Gasteiger partial charge in [-0.1, -0.05) is 6.07 Å². The van der Waals surface area contributed by atoms with Crippen LogP contribution in [-0.2, 0) is 11.2 Å². The molecule has 0 radical (unpaired) electrons. The van der Waals surface area contributed by atoms with Gasteiger partial charge in [0, 0.05) is 35.9 Å². The molecule has 1 amide bonds. The van der Waals surface area contributed by atoms with Crippen molar-refractivity contribution in [1.29, 1.82) is 0 Å². The zero-order valence-electron chi connectivity index (χ0n) is 14.4. The fourth-order valence-corrected chi connectivity index (χ4v) is 4.33. The minimum Gasteiger partial charge on any atom is -0.334 e. The van der Waals surface area contributed by atoms with Crippen molar-refractivity contribution in [3.63, 3.8) is 0 Å². The Hall–Kier alpha value is -2.21. The highest BCUT2D eigenvalue weighted by Crippen LogP contribution is 2.31. The van der Waals surface area contributed by atoms with Gasteiger partial charge in [0.25, 0.3) is 0 Å². The van der Waals surface area contributed by atoms with Crippen molar-refractivity contribution in [2.24, 2.45) is 0 Å². The number of amides is 1. The van der Waals surface area contributed by atoms with E-state index in [4.69, 9.17) is 4.98 Å². The Morgan fingerprint density at radius 2 is 2.32 bits per heavy atom. The molecule has 0 bridgehead atoms. The molecule has 1 aliphatic heterocycles. The molecule has 5 nitrogen and oxygen atoms in total. The molecule has 1 atom stereocenters. The Balaban J connectivity index is 1.56. The van der Waals surface area contributed by atoms with Gasteiger partial charge in [0.15, 0.2) is 0 Å². The fourth-order valence-electron chi connectivity index (χ4n) is 3.62. The van der Waals surface area contributed by atoms with E-state index in [0.29, 0.717) is 12.2 Å². The van der Waals surface area contributed by atoms with Gasteiger partial charge in [-0.25, -0.2) is 9.97 Å². The standard InChI is InChI=1S/C19H22N4OS/c1-14-13-16(21-19-20-9-11-22(14)19)17-6-2-3-10-23(17)18(24)8-7-15-5-4-12-25-15/h4-5,9,11-13,17H,2-3,6-8,10H2,1H3/t17-/m0/s1. The third-order valence-corrected chi connectivity index (χ3v) is 5.85. The van der Waals surface area contributed by atoms with Crippen molar-refractivity contribution < 1.29 is 4.79 Å². The molecule has 130 valence electrons. The molecule has 1 saturated heterocycles. The van der Waals surface area contributed by atoms with E-state index in [0.717, 1.165) is 43.6 Å². The van der Waals surface area contributed by atoms with E-state index in [9.17, 15) is 4.79 Å². The first kappa shape index (κ1) is 16.3. The van der Waals surface area contributed by atoms with Crippen LogP contribution in [0.2, 0.25) is 0 Å². The summed E-state index contributed by atoms with van der Waals surface area (Å²) in [5.41, 5.74) is 2.08. The molecule has 3 aromatic rings. The minimum absolute atomic E-state index is 0.0741. The molecule has 0 N–H and O–H groups in total. The first-order chi connectivity index (χ1) is 12.2. The van der Waals surface area contributed by atoms with E-state index in [2.05, 4.69) is 29.4 Å².